The van der Waals surface area contributed by atoms with Crippen molar-refractivity contribution < 1.29 is 18.7 Å². The molecule has 8 heteroatoms. The highest BCUT2D eigenvalue weighted by molar-refractivity contribution is 6.02. The number of ether oxygens (including phenoxy) is 2. The number of aromatic nitrogens is 1. The lowest BCUT2D eigenvalue weighted by molar-refractivity contribution is -0.120. The van der Waals surface area contributed by atoms with Crippen LogP contribution >= 0.6 is 0 Å². The molecule has 1 fully saturated rings. The van der Waals surface area contributed by atoms with Crippen molar-refractivity contribution >= 4 is 5.91 Å². The van der Waals surface area contributed by atoms with E-state index in [-0.39, 0.29) is 30.0 Å². The fourth-order valence-corrected chi connectivity index (χ4v) is 6.49. The first-order chi connectivity index (χ1) is 18.2. The number of H-pyrrole nitrogens is 1. The summed E-state index contributed by atoms with van der Waals surface area (Å²) in [5, 5.41) is 0. The van der Waals surface area contributed by atoms with Gasteiger partial charge in [-0.05, 0) is 82.2 Å². The molecule has 3 N–H and O–H groups in total. The van der Waals surface area contributed by atoms with Crippen molar-refractivity contribution in [2.45, 2.75) is 78.2 Å². The molecule has 1 atom stereocenters. The van der Waals surface area contributed by atoms with Gasteiger partial charge in [-0.3, -0.25) is 9.59 Å². The van der Waals surface area contributed by atoms with Crippen molar-refractivity contribution in [3.05, 3.63) is 68.3 Å². The second kappa shape index (κ2) is 9.05. The zero-order valence-electron chi connectivity index (χ0n) is 22.5. The highest BCUT2D eigenvalue weighted by Crippen LogP contribution is 2.55. The number of fused-ring (bicyclic) bond motifs is 2. The van der Waals surface area contributed by atoms with Gasteiger partial charge in [0.15, 0.2) is 11.5 Å². The van der Waals surface area contributed by atoms with E-state index >= 15 is 0 Å². The van der Waals surface area contributed by atoms with Crippen LogP contribution in [-0.2, 0) is 13.0 Å². The van der Waals surface area contributed by atoms with E-state index in [4.69, 9.17) is 19.6 Å². The Morgan fingerprint density at radius 2 is 1.82 bits per heavy atom. The molecule has 200 valence electrons. The molecule has 0 radical (unpaired) electrons. The topological polar surface area (TPSA) is 111 Å². The number of amides is 1. The zero-order chi connectivity index (χ0) is 26.8. The van der Waals surface area contributed by atoms with Gasteiger partial charge < -0.3 is 29.5 Å². The van der Waals surface area contributed by atoms with Crippen molar-refractivity contribution in [1.29, 1.82) is 0 Å². The number of benzene rings is 1. The van der Waals surface area contributed by atoms with Gasteiger partial charge in [-0.25, -0.2) is 0 Å². The number of pyridine rings is 1. The number of furan rings is 1. The van der Waals surface area contributed by atoms with E-state index in [2.05, 4.69) is 4.98 Å². The summed E-state index contributed by atoms with van der Waals surface area (Å²) < 4.78 is 19.2. The predicted octanol–water partition coefficient (Wildman–Crippen LogP) is 4.76. The minimum atomic E-state index is -0.840. The predicted molar refractivity (Wildman–Crippen MR) is 143 cm³/mol. The Kier molecular flexibility index (Phi) is 5.90. The molecule has 2 aromatic heterocycles. The van der Waals surface area contributed by atoms with Crippen molar-refractivity contribution in [3.8, 4) is 22.8 Å². The third-order valence-corrected chi connectivity index (χ3v) is 8.62. The average molecular weight is 518 g/mol. The molecule has 1 aromatic carbocycles. The van der Waals surface area contributed by atoms with Crippen LogP contribution in [0.25, 0.3) is 11.3 Å². The summed E-state index contributed by atoms with van der Waals surface area (Å²) in [6, 6.07) is 5.90. The molecule has 0 unspecified atom stereocenters. The number of aromatic amines is 1. The molecule has 0 spiro atoms. The first kappa shape index (κ1) is 24.8. The second-order valence-electron chi connectivity index (χ2n) is 11.2. The number of aryl methyl sites for hydroxylation is 2. The van der Waals surface area contributed by atoms with E-state index in [1.807, 2.05) is 45.9 Å². The maximum absolute atomic E-state index is 14.0. The van der Waals surface area contributed by atoms with Gasteiger partial charge in [0.25, 0.3) is 17.3 Å². The van der Waals surface area contributed by atoms with Crippen LogP contribution in [0.5, 0.6) is 11.5 Å². The molecule has 0 bridgehead atoms. The molecule has 1 saturated carbocycles. The summed E-state index contributed by atoms with van der Waals surface area (Å²) in [5.74, 6) is 1.16. The lowest BCUT2D eigenvalue weighted by atomic mass is 9.81. The van der Waals surface area contributed by atoms with Crippen molar-refractivity contribution in [3.63, 3.8) is 0 Å². The quantitative estimate of drug-likeness (QED) is 0.516. The molecular weight excluding hydrogens is 482 g/mol. The fourth-order valence-electron chi connectivity index (χ4n) is 6.49. The fraction of sp³-hybridized carbons (Fsp3) is 0.467. The Hall–Kier alpha value is -3.52. The smallest absolute Gasteiger partial charge is 0.254 e. The van der Waals surface area contributed by atoms with Crippen LogP contribution in [0, 0.1) is 26.7 Å². The molecule has 3 aromatic rings. The van der Waals surface area contributed by atoms with Gasteiger partial charge in [-0.15, -0.1) is 0 Å². The van der Waals surface area contributed by atoms with E-state index in [0.29, 0.717) is 41.4 Å². The van der Waals surface area contributed by atoms with Crippen LogP contribution in [0.3, 0.4) is 0 Å². The minimum Gasteiger partial charge on any atom is -0.464 e. The Labute approximate surface area is 222 Å². The highest BCUT2D eigenvalue weighted by atomic mass is 16.7. The van der Waals surface area contributed by atoms with Gasteiger partial charge in [-0.2, -0.15) is 0 Å². The van der Waals surface area contributed by atoms with E-state index in [0.717, 1.165) is 53.6 Å². The summed E-state index contributed by atoms with van der Waals surface area (Å²) in [4.78, 5) is 31.4. The van der Waals surface area contributed by atoms with Crippen molar-refractivity contribution in [1.82, 2.24) is 9.88 Å². The van der Waals surface area contributed by atoms with Gasteiger partial charge in [0, 0.05) is 42.2 Å². The summed E-state index contributed by atoms with van der Waals surface area (Å²) in [7, 11) is 0. The van der Waals surface area contributed by atoms with Gasteiger partial charge in [0.05, 0.1) is 23.9 Å². The van der Waals surface area contributed by atoms with Crippen molar-refractivity contribution in [2.75, 3.05) is 6.54 Å². The molecule has 2 aliphatic heterocycles. The first-order valence-corrected chi connectivity index (χ1v) is 13.5. The third kappa shape index (κ3) is 3.93. The van der Waals surface area contributed by atoms with E-state index in [1.165, 1.54) is 0 Å². The summed E-state index contributed by atoms with van der Waals surface area (Å²) in [6.45, 7) is 8.45. The van der Waals surface area contributed by atoms with Crippen LogP contribution in [-0.4, -0.2) is 34.2 Å². The molecule has 8 nitrogen and oxygen atoms in total. The number of rotatable bonds is 4. The minimum absolute atomic E-state index is 0.112. The maximum atomic E-state index is 14.0. The monoisotopic (exact) mass is 517 g/mol. The molecule has 4 heterocycles. The molecule has 3 aliphatic rings. The van der Waals surface area contributed by atoms with Gasteiger partial charge in [0.2, 0.25) is 0 Å². The number of nitrogens with two attached hydrogens (primary N) is 1. The summed E-state index contributed by atoms with van der Waals surface area (Å²) in [5.41, 5.74) is 11.4. The van der Waals surface area contributed by atoms with Crippen LogP contribution < -0.4 is 20.8 Å². The van der Waals surface area contributed by atoms with E-state index in [9.17, 15) is 9.59 Å². The highest BCUT2D eigenvalue weighted by Gasteiger charge is 2.49. The number of hydrogen-bond acceptors (Lipinski definition) is 6. The summed E-state index contributed by atoms with van der Waals surface area (Å²) in [6.07, 6.45) is 5.99. The van der Waals surface area contributed by atoms with Crippen LogP contribution in [0.4, 0.5) is 0 Å². The lowest BCUT2D eigenvalue weighted by Crippen LogP contribution is -2.46. The van der Waals surface area contributed by atoms with Crippen molar-refractivity contribution in [2.24, 2.45) is 11.7 Å². The second-order valence-corrected chi connectivity index (χ2v) is 11.2. The Balaban J connectivity index is 1.42. The Bertz CT molecular complexity index is 1470. The van der Waals surface area contributed by atoms with Crippen LogP contribution in [0.2, 0.25) is 0 Å². The number of hydrogen-bond donors (Lipinski definition) is 2. The van der Waals surface area contributed by atoms with Crippen LogP contribution in [0.15, 0.2) is 33.7 Å². The zero-order valence-corrected chi connectivity index (χ0v) is 22.5. The molecule has 1 amide bonds. The lowest BCUT2D eigenvalue weighted by Gasteiger charge is -2.36. The SMILES string of the molecule is Cc1cc(C)c(CN2CCc3c(c(C)c4c(c3-c3ccco3)O[C@](C)([C@H]3CC[C@H](N)CC3)O4)C2=O)c(=O)[nH]1. The Morgan fingerprint density at radius 3 is 2.50 bits per heavy atom. The van der Waals surface area contributed by atoms with Gasteiger partial charge >= 0.3 is 0 Å². The van der Waals surface area contributed by atoms with E-state index in [1.54, 1.807) is 11.2 Å². The largest absolute Gasteiger partial charge is 0.464 e. The summed E-state index contributed by atoms with van der Waals surface area (Å²) >= 11 is 0. The Morgan fingerprint density at radius 1 is 1.08 bits per heavy atom. The number of carbonyl (C=O) groups excluding carboxylic acids is 1. The van der Waals surface area contributed by atoms with Gasteiger partial charge in [0.1, 0.15) is 5.76 Å². The van der Waals surface area contributed by atoms with E-state index < -0.39 is 5.79 Å². The number of nitrogens with zero attached hydrogens (tertiary/aromatic N) is 1. The molecule has 38 heavy (non-hydrogen) atoms. The molecule has 0 saturated heterocycles. The average Bonchev–Trinajstić information content (AvgIpc) is 3.52. The maximum Gasteiger partial charge on any atom is 0.254 e. The molecular formula is C30H35N3O5. The van der Waals surface area contributed by atoms with Gasteiger partial charge in [-0.1, -0.05) is 0 Å². The standard InChI is InChI=1S/C30H35N3O5/c1-16-14-17(2)32-28(34)22(16)15-33-12-11-21-24(29(33)35)18(3)26-27(25(21)23-6-5-13-36-23)38-30(4,37-26)19-7-9-20(31)10-8-19/h5-6,13-14,19-20H,7-12,15,31H2,1-4H3,(H,32,34)/t19-,20-,30-/m1/s1. The number of carbonyl (C=O) groups is 1. The third-order valence-electron chi connectivity index (χ3n) is 8.62. The molecule has 1 aliphatic carbocycles. The van der Waals surface area contributed by atoms with Crippen LogP contribution in [0.1, 0.15) is 70.9 Å². The first-order valence-electron chi connectivity index (χ1n) is 13.5. The normalized spacial score (nSPS) is 24.6. The molecule has 6 rings (SSSR count). The number of nitrogens with one attached hydrogen (secondary N) is 1.